The van der Waals surface area contributed by atoms with Gasteiger partial charge in [0.05, 0.1) is 12.9 Å². The Balaban J connectivity index is 2.00. The number of amides is 1. The van der Waals surface area contributed by atoms with E-state index in [-0.39, 0.29) is 23.7 Å². The Hall–Kier alpha value is -2.22. The number of hydrogen-bond donors (Lipinski definition) is 1. The molecular formula is C18H27N5O2S. The van der Waals surface area contributed by atoms with Gasteiger partial charge >= 0.3 is 0 Å². The smallest absolute Gasteiger partial charge is 0.233 e. The summed E-state index contributed by atoms with van der Waals surface area (Å²) in [5.74, 6) is 7.92. The minimum Gasteiger partial charge on any atom is -0.497 e. The zero-order valence-electron chi connectivity index (χ0n) is 16.0. The molecule has 8 heteroatoms. The van der Waals surface area contributed by atoms with Crippen LogP contribution in [0.4, 0.5) is 0 Å². The van der Waals surface area contributed by atoms with Crippen LogP contribution < -0.4 is 10.6 Å². The lowest BCUT2D eigenvalue weighted by atomic mass is 10.1. The predicted molar refractivity (Wildman–Crippen MR) is 104 cm³/mol. The van der Waals surface area contributed by atoms with Crippen molar-refractivity contribution in [3.63, 3.8) is 0 Å². The highest BCUT2D eigenvalue weighted by Gasteiger charge is 2.21. The number of ether oxygens (including phenoxy) is 1. The first-order valence-corrected chi connectivity index (χ1v) is 9.58. The number of nitrogen functional groups attached to an aromatic ring is 1. The summed E-state index contributed by atoms with van der Waals surface area (Å²) in [5, 5.41) is 8.82. The molecular weight excluding hydrogens is 350 g/mol. The standard InChI is InChI=1S/C18H27N5O2S/c1-12(2)22(13(3)4)17(24)11-26-18-21-20-16(23(18)19)10-14-6-8-15(25-5)9-7-14/h6-9,12-13H,10-11,19H2,1-5H3. The summed E-state index contributed by atoms with van der Waals surface area (Å²) in [6, 6.07) is 8.04. The van der Waals surface area contributed by atoms with Gasteiger partial charge in [-0.25, -0.2) is 4.68 Å². The predicted octanol–water partition coefficient (Wildman–Crippen LogP) is 2.33. The molecule has 0 saturated heterocycles. The van der Waals surface area contributed by atoms with Gasteiger partial charge in [-0.1, -0.05) is 23.9 Å². The number of hydrogen-bond acceptors (Lipinski definition) is 6. The SMILES string of the molecule is COc1ccc(Cc2nnc(SCC(=O)N(C(C)C)C(C)C)n2N)cc1. The first-order chi connectivity index (χ1) is 12.3. The van der Waals surface area contributed by atoms with E-state index >= 15 is 0 Å². The molecule has 1 heterocycles. The summed E-state index contributed by atoms with van der Waals surface area (Å²) in [4.78, 5) is 14.3. The Morgan fingerprint density at radius 2 is 1.81 bits per heavy atom. The lowest BCUT2D eigenvalue weighted by molar-refractivity contribution is -0.131. The topological polar surface area (TPSA) is 86.3 Å². The maximum atomic E-state index is 12.5. The highest BCUT2D eigenvalue weighted by atomic mass is 32.2. The Morgan fingerprint density at radius 3 is 2.35 bits per heavy atom. The zero-order valence-corrected chi connectivity index (χ0v) is 16.8. The van der Waals surface area contributed by atoms with Gasteiger partial charge in [0.25, 0.3) is 0 Å². The van der Waals surface area contributed by atoms with Crippen molar-refractivity contribution < 1.29 is 9.53 Å². The third kappa shape index (κ3) is 4.91. The van der Waals surface area contributed by atoms with E-state index in [0.29, 0.717) is 17.4 Å². The van der Waals surface area contributed by atoms with Gasteiger partial charge in [0, 0.05) is 18.5 Å². The molecule has 1 aromatic carbocycles. The van der Waals surface area contributed by atoms with Crippen molar-refractivity contribution in [3.05, 3.63) is 35.7 Å². The molecule has 0 fully saturated rings. The van der Waals surface area contributed by atoms with Crippen LogP contribution in [0.3, 0.4) is 0 Å². The fourth-order valence-electron chi connectivity index (χ4n) is 2.83. The average Bonchev–Trinajstić information content (AvgIpc) is 2.93. The fraction of sp³-hybridized carbons (Fsp3) is 0.500. The van der Waals surface area contributed by atoms with Crippen LogP contribution in [0, 0.1) is 0 Å². The maximum absolute atomic E-state index is 12.5. The molecule has 0 saturated carbocycles. The second kappa shape index (κ2) is 8.93. The van der Waals surface area contributed by atoms with Gasteiger partial charge in [0.1, 0.15) is 5.75 Å². The fourth-order valence-corrected chi connectivity index (χ4v) is 3.57. The molecule has 0 spiro atoms. The molecule has 142 valence electrons. The number of aromatic nitrogens is 3. The number of methoxy groups -OCH3 is 1. The first kappa shape index (κ1) is 20.1. The lowest BCUT2D eigenvalue weighted by Gasteiger charge is -2.30. The highest BCUT2D eigenvalue weighted by molar-refractivity contribution is 7.99. The van der Waals surface area contributed by atoms with Gasteiger partial charge in [-0.3, -0.25) is 4.79 Å². The molecule has 1 aromatic heterocycles. The molecule has 2 rings (SSSR count). The number of nitrogens with two attached hydrogens (primary N) is 1. The van der Waals surface area contributed by atoms with Crippen molar-refractivity contribution in [1.82, 2.24) is 19.8 Å². The van der Waals surface area contributed by atoms with Crippen LogP contribution in [-0.2, 0) is 11.2 Å². The Labute approximate surface area is 158 Å². The second-order valence-electron chi connectivity index (χ2n) is 6.57. The molecule has 2 aromatic rings. The van der Waals surface area contributed by atoms with Crippen molar-refractivity contribution in [2.24, 2.45) is 0 Å². The van der Waals surface area contributed by atoms with Crippen molar-refractivity contribution in [2.45, 2.75) is 51.4 Å². The molecule has 2 N–H and O–H groups in total. The Bertz CT molecular complexity index is 720. The number of nitrogens with zero attached hydrogens (tertiary/aromatic N) is 4. The average molecular weight is 378 g/mol. The molecule has 0 unspecified atom stereocenters. The van der Waals surface area contributed by atoms with E-state index < -0.39 is 0 Å². The van der Waals surface area contributed by atoms with Crippen LogP contribution >= 0.6 is 11.8 Å². The van der Waals surface area contributed by atoms with Crippen molar-refractivity contribution in [2.75, 3.05) is 18.7 Å². The third-order valence-electron chi connectivity index (χ3n) is 3.98. The van der Waals surface area contributed by atoms with Gasteiger partial charge in [0.15, 0.2) is 5.82 Å². The summed E-state index contributed by atoms with van der Waals surface area (Å²) in [6.45, 7) is 8.06. The van der Waals surface area contributed by atoms with E-state index in [2.05, 4.69) is 10.2 Å². The Kier molecular flexibility index (Phi) is 6.90. The van der Waals surface area contributed by atoms with Crippen LogP contribution in [0.1, 0.15) is 39.1 Å². The molecule has 0 aliphatic rings. The number of benzene rings is 1. The molecule has 0 atom stereocenters. The molecule has 0 radical (unpaired) electrons. The number of rotatable bonds is 8. The molecule has 0 bridgehead atoms. The number of carbonyl (C=O) groups is 1. The van der Waals surface area contributed by atoms with Crippen molar-refractivity contribution in [3.8, 4) is 5.75 Å². The normalized spacial score (nSPS) is 11.2. The number of carbonyl (C=O) groups excluding carboxylic acids is 1. The van der Waals surface area contributed by atoms with Crippen LogP contribution in [0.25, 0.3) is 0 Å². The van der Waals surface area contributed by atoms with Gasteiger partial charge in [-0.15, -0.1) is 10.2 Å². The van der Waals surface area contributed by atoms with Gasteiger partial charge in [-0.2, -0.15) is 0 Å². The van der Waals surface area contributed by atoms with Crippen LogP contribution in [0.15, 0.2) is 29.4 Å². The van der Waals surface area contributed by atoms with Crippen molar-refractivity contribution >= 4 is 17.7 Å². The molecule has 7 nitrogen and oxygen atoms in total. The summed E-state index contributed by atoms with van der Waals surface area (Å²) < 4.78 is 6.61. The largest absolute Gasteiger partial charge is 0.497 e. The molecule has 0 aliphatic heterocycles. The molecule has 0 aliphatic carbocycles. The molecule has 26 heavy (non-hydrogen) atoms. The van der Waals surface area contributed by atoms with E-state index in [4.69, 9.17) is 10.6 Å². The summed E-state index contributed by atoms with van der Waals surface area (Å²) in [7, 11) is 1.63. The summed E-state index contributed by atoms with van der Waals surface area (Å²) >= 11 is 1.31. The van der Waals surface area contributed by atoms with Gasteiger partial charge in [-0.05, 0) is 45.4 Å². The maximum Gasteiger partial charge on any atom is 0.233 e. The lowest BCUT2D eigenvalue weighted by Crippen LogP contribution is -2.43. The zero-order chi connectivity index (χ0) is 19.3. The van der Waals surface area contributed by atoms with E-state index in [1.807, 2.05) is 56.9 Å². The first-order valence-electron chi connectivity index (χ1n) is 8.59. The number of thioether (sulfide) groups is 1. The summed E-state index contributed by atoms with van der Waals surface area (Å²) in [6.07, 6.45) is 0.562. The quantitative estimate of drug-likeness (QED) is 0.561. The minimum atomic E-state index is 0.0692. The van der Waals surface area contributed by atoms with Gasteiger partial charge < -0.3 is 15.5 Å². The second-order valence-corrected chi connectivity index (χ2v) is 7.51. The summed E-state index contributed by atoms with van der Waals surface area (Å²) in [5.41, 5.74) is 1.06. The van der Waals surface area contributed by atoms with E-state index in [1.165, 1.54) is 16.4 Å². The van der Waals surface area contributed by atoms with E-state index in [9.17, 15) is 4.79 Å². The van der Waals surface area contributed by atoms with Gasteiger partial charge in [0.2, 0.25) is 11.1 Å². The van der Waals surface area contributed by atoms with Crippen LogP contribution in [0.2, 0.25) is 0 Å². The van der Waals surface area contributed by atoms with Crippen LogP contribution in [-0.4, -0.2) is 50.6 Å². The molecule has 1 amide bonds. The monoisotopic (exact) mass is 377 g/mol. The third-order valence-corrected chi connectivity index (χ3v) is 4.91. The van der Waals surface area contributed by atoms with E-state index in [1.54, 1.807) is 7.11 Å². The Morgan fingerprint density at radius 1 is 1.19 bits per heavy atom. The van der Waals surface area contributed by atoms with Crippen LogP contribution in [0.5, 0.6) is 5.75 Å². The van der Waals surface area contributed by atoms with Crippen molar-refractivity contribution in [1.29, 1.82) is 0 Å². The van der Waals surface area contributed by atoms with E-state index in [0.717, 1.165) is 11.3 Å². The minimum absolute atomic E-state index is 0.0692. The highest BCUT2D eigenvalue weighted by Crippen LogP contribution is 2.19.